The molecule has 0 saturated heterocycles. The highest BCUT2D eigenvalue weighted by Gasteiger charge is 2.24. The van der Waals surface area contributed by atoms with Crippen LogP contribution < -0.4 is 10.1 Å². The quantitative estimate of drug-likeness (QED) is 0.347. The fourth-order valence-corrected chi connectivity index (χ4v) is 4.20. The van der Waals surface area contributed by atoms with Gasteiger partial charge < -0.3 is 24.8 Å². The van der Waals surface area contributed by atoms with Crippen LogP contribution in [0.25, 0.3) is 0 Å². The fourth-order valence-electron chi connectivity index (χ4n) is 3.03. The van der Waals surface area contributed by atoms with E-state index < -0.39 is 15.9 Å². The lowest BCUT2D eigenvalue weighted by atomic mass is 9.97. The zero-order chi connectivity index (χ0) is 24.8. The van der Waals surface area contributed by atoms with E-state index in [2.05, 4.69) is 15.5 Å². The third-order valence-electron chi connectivity index (χ3n) is 4.96. The van der Waals surface area contributed by atoms with Crippen LogP contribution in [0.15, 0.2) is 57.9 Å². The first kappa shape index (κ1) is 25.7. The van der Waals surface area contributed by atoms with Gasteiger partial charge in [-0.25, -0.2) is 8.42 Å². The monoisotopic (exact) mass is 489 g/mol. The molecule has 3 N–H and O–H groups in total. The molecule has 1 heterocycles. The van der Waals surface area contributed by atoms with Gasteiger partial charge in [0.15, 0.2) is 15.7 Å². The van der Waals surface area contributed by atoms with E-state index in [1.54, 1.807) is 36.4 Å². The van der Waals surface area contributed by atoms with E-state index in [9.17, 15) is 18.6 Å². The Kier molecular flexibility index (Phi) is 8.29. The average Bonchev–Trinajstić information content (AvgIpc) is 3.25. The molecule has 0 fully saturated rings. The summed E-state index contributed by atoms with van der Waals surface area (Å²) in [5.41, 5.74) is 0.622. The first-order valence-electron chi connectivity index (χ1n) is 11.0. The van der Waals surface area contributed by atoms with Crippen molar-refractivity contribution in [2.75, 3.05) is 19.7 Å². The predicted octanol–water partition coefficient (Wildman–Crippen LogP) is 2.62. The molecular formula is C24H31N3O6S. The van der Waals surface area contributed by atoms with Gasteiger partial charge in [0.1, 0.15) is 30.0 Å². The van der Waals surface area contributed by atoms with Crippen LogP contribution in [0, 0.1) is 0 Å². The largest absolute Gasteiger partial charge is 0.508 e. The Morgan fingerprint density at radius 3 is 2.38 bits per heavy atom. The van der Waals surface area contributed by atoms with Gasteiger partial charge in [0, 0.05) is 12.0 Å². The van der Waals surface area contributed by atoms with E-state index in [4.69, 9.17) is 9.26 Å². The Hall–Kier alpha value is -2.95. The summed E-state index contributed by atoms with van der Waals surface area (Å²) in [6.45, 7) is 6.84. The van der Waals surface area contributed by atoms with Gasteiger partial charge in [-0.2, -0.15) is 4.98 Å². The second-order valence-electron chi connectivity index (χ2n) is 9.08. The highest BCUT2D eigenvalue weighted by atomic mass is 32.2. The number of hydrogen-bond donors (Lipinski definition) is 3. The van der Waals surface area contributed by atoms with Crippen molar-refractivity contribution in [2.45, 2.75) is 49.4 Å². The van der Waals surface area contributed by atoms with Crippen molar-refractivity contribution < 1.29 is 27.9 Å². The van der Waals surface area contributed by atoms with Crippen LogP contribution in [0.5, 0.6) is 11.5 Å². The number of aromatic hydroxyl groups is 1. The van der Waals surface area contributed by atoms with Crippen LogP contribution in [0.2, 0.25) is 0 Å². The van der Waals surface area contributed by atoms with Crippen LogP contribution in [-0.2, 0) is 27.4 Å². The van der Waals surface area contributed by atoms with Crippen molar-refractivity contribution >= 4 is 9.84 Å². The summed E-state index contributed by atoms with van der Waals surface area (Å²) in [7, 11) is -3.59. The number of rotatable bonds is 11. The lowest BCUT2D eigenvalue weighted by Crippen LogP contribution is -2.32. The van der Waals surface area contributed by atoms with Gasteiger partial charge in [-0.05, 0) is 54.9 Å². The standard InChI is InChI=1S/C24H31N3O6S/c1-24(2,3)23-26-22(27-33-23)16-34(30,31)21-10-4-17(5-11-21)12-13-25-14-19(29)15-32-20-8-6-18(28)7-9-20/h4-11,19,25,28-29H,12-16H2,1-3H3/t19-/m1/s1. The van der Waals surface area contributed by atoms with Crippen LogP contribution in [0.4, 0.5) is 0 Å². The fraction of sp³-hybridized carbons (Fsp3) is 0.417. The Bertz CT molecular complexity index is 1150. The second kappa shape index (κ2) is 11.0. The van der Waals surface area contributed by atoms with Gasteiger partial charge in [-0.15, -0.1) is 0 Å². The van der Waals surface area contributed by atoms with Crippen molar-refractivity contribution in [1.82, 2.24) is 15.5 Å². The van der Waals surface area contributed by atoms with Crippen LogP contribution >= 0.6 is 0 Å². The number of nitrogens with one attached hydrogen (secondary N) is 1. The van der Waals surface area contributed by atoms with Gasteiger partial charge in [0.2, 0.25) is 5.89 Å². The molecule has 0 aliphatic rings. The molecule has 0 bridgehead atoms. The maximum absolute atomic E-state index is 12.7. The molecule has 1 atom stereocenters. The minimum atomic E-state index is -3.59. The van der Waals surface area contributed by atoms with Crippen molar-refractivity contribution in [2.24, 2.45) is 0 Å². The van der Waals surface area contributed by atoms with Gasteiger partial charge in [-0.3, -0.25) is 0 Å². The van der Waals surface area contributed by atoms with E-state index in [1.807, 2.05) is 20.8 Å². The molecule has 0 amide bonds. The van der Waals surface area contributed by atoms with Gasteiger partial charge in [-0.1, -0.05) is 38.1 Å². The SMILES string of the molecule is CC(C)(C)c1nc(CS(=O)(=O)c2ccc(CCNC[C@@H](O)COc3ccc(O)cc3)cc2)no1. The predicted molar refractivity (Wildman–Crippen MR) is 127 cm³/mol. The highest BCUT2D eigenvalue weighted by molar-refractivity contribution is 7.90. The zero-order valence-electron chi connectivity index (χ0n) is 19.6. The minimum Gasteiger partial charge on any atom is -0.508 e. The van der Waals surface area contributed by atoms with E-state index in [-0.39, 0.29) is 34.2 Å². The van der Waals surface area contributed by atoms with E-state index in [1.165, 1.54) is 12.1 Å². The van der Waals surface area contributed by atoms with E-state index in [0.717, 1.165) is 5.56 Å². The van der Waals surface area contributed by atoms with Gasteiger partial charge in [0.05, 0.1) is 4.90 Å². The molecule has 0 unspecified atom stereocenters. The first-order chi connectivity index (χ1) is 16.0. The molecule has 0 radical (unpaired) electrons. The molecule has 10 heteroatoms. The summed E-state index contributed by atoms with van der Waals surface area (Å²) in [5, 5.41) is 26.2. The maximum atomic E-state index is 12.7. The van der Waals surface area contributed by atoms with E-state index >= 15 is 0 Å². The second-order valence-corrected chi connectivity index (χ2v) is 11.1. The molecule has 0 spiro atoms. The Morgan fingerprint density at radius 2 is 1.76 bits per heavy atom. The average molecular weight is 490 g/mol. The van der Waals surface area contributed by atoms with Gasteiger partial charge in [0.25, 0.3) is 0 Å². The maximum Gasteiger partial charge on any atom is 0.232 e. The number of phenolic OH excluding ortho intramolecular Hbond substituents is 1. The van der Waals surface area contributed by atoms with Crippen LogP contribution in [0.3, 0.4) is 0 Å². The van der Waals surface area contributed by atoms with Crippen molar-refractivity contribution in [3.8, 4) is 11.5 Å². The summed E-state index contributed by atoms with van der Waals surface area (Å²) in [6, 6.07) is 13.0. The number of hydrogen-bond acceptors (Lipinski definition) is 9. The summed E-state index contributed by atoms with van der Waals surface area (Å²) >= 11 is 0. The molecule has 0 aliphatic heterocycles. The zero-order valence-corrected chi connectivity index (χ0v) is 20.4. The molecule has 3 aromatic rings. The number of nitrogens with zero attached hydrogens (tertiary/aromatic N) is 2. The summed E-state index contributed by atoms with van der Waals surface area (Å²) in [5.74, 6) is 0.948. The molecular weight excluding hydrogens is 458 g/mol. The molecule has 9 nitrogen and oxygen atoms in total. The number of ether oxygens (including phenoxy) is 1. The lowest BCUT2D eigenvalue weighted by Gasteiger charge is -2.13. The van der Waals surface area contributed by atoms with Gasteiger partial charge >= 0.3 is 0 Å². The number of benzene rings is 2. The topological polar surface area (TPSA) is 135 Å². The normalized spacial score (nSPS) is 13.1. The molecule has 2 aromatic carbocycles. The van der Waals surface area contributed by atoms with E-state index in [0.29, 0.717) is 31.2 Å². The molecule has 0 aliphatic carbocycles. The highest BCUT2D eigenvalue weighted by Crippen LogP contribution is 2.22. The number of aliphatic hydroxyl groups excluding tert-OH is 1. The smallest absolute Gasteiger partial charge is 0.232 e. The molecule has 3 rings (SSSR count). The number of aromatic nitrogens is 2. The number of phenols is 1. The Labute approximate surface area is 199 Å². The van der Waals surface area contributed by atoms with Crippen LogP contribution in [-0.4, -0.2) is 54.6 Å². The van der Waals surface area contributed by atoms with Crippen molar-refractivity contribution in [1.29, 1.82) is 0 Å². The lowest BCUT2D eigenvalue weighted by molar-refractivity contribution is 0.106. The minimum absolute atomic E-state index is 0.127. The third kappa shape index (κ3) is 7.54. The summed E-state index contributed by atoms with van der Waals surface area (Å²) < 4.78 is 36.1. The van der Waals surface area contributed by atoms with Crippen molar-refractivity contribution in [3.63, 3.8) is 0 Å². The third-order valence-corrected chi connectivity index (χ3v) is 6.59. The Morgan fingerprint density at radius 1 is 1.09 bits per heavy atom. The summed E-state index contributed by atoms with van der Waals surface area (Å²) in [6.07, 6.45) is -0.0173. The first-order valence-corrected chi connectivity index (χ1v) is 12.6. The molecule has 0 saturated carbocycles. The Balaban J connectivity index is 1.42. The van der Waals surface area contributed by atoms with Crippen LogP contribution in [0.1, 0.15) is 38.0 Å². The van der Waals surface area contributed by atoms with Crippen molar-refractivity contribution in [3.05, 3.63) is 65.8 Å². The molecule has 34 heavy (non-hydrogen) atoms. The number of aliphatic hydroxyl groups is 1. The molecule has 1 aromatic heterocycles. The molecule has 184 valence electrons. The summed E-state index contributed by atoms with van der Waals surface area (Å²) in [4.78, 5) is 4.40. The number of sulfone groups is 1.